The third-order valence-electron chi connectivity index (χ3n) is 9.78. The van der Waals surface area contributed by atoms with Crippen LogP contribution < -0.4 is 16.0 Å². The molecule has 4 fully saturated rings. The second kappa shape index (κ2) is 12.0. The van der Waals surface area contributed by atoms with Gasteiger partial charge in [0.05, 0.1) is 0 Å². The Hall–Kier alpha value is -3.66. The van der Waals surface area contributed by atoms with E-state index in [0.29, 0.717) is 17.5 Å². The Balaban J connectivity index is 1.10. The molecule has 6 rings (SSSR count). The van der Waals surface area contributed by atoms with Crippen molar-refractivity contribution >= 4 is 23.6 Å². The minimum Gasteiger partial charge on any atom is -0.444 e. The molecule has 5 unspecified atom stereocenters. The Morgan fingerprint density at radius 1 is 1.05 bits per heavy atom. The van der Waals surface area contributed by atoms with Gasteiger partial charge in [-0.25, -0.2) is 9.18 Å². The Labute approximate surface area is 258 Å². The molecule has 0 radical (unpaired) electrons. The van der Waals surface area contributed by atoms with Gasteiger partial charge in [-0.2, -0.15) is 0 Å². The van der Waals surface area contributed by atoms with Crippen molar-refractivity contribution in [1.29, 1.82) is 0 Å². The zero-order chi connectivity index (χ0) is 31.2. The van der Waals surface area contributed by atoms with E-state index in [-0.39, 0.29) is 18.4 Å². The summed E-state index contributed by atoms with van der Waals surface area (Å²) in [6, 6.07) is 14.0. The highest BCUT2D eigenvalue weighted by Crippen LogP contribution is 2.43. The standard InChI is InChI=1S/C34H44FN5O4/c1-34(2,3)44-33(43)40-26-12-10-23(15-26)30(40)32(42)37-28(31(36)41)16-22-9-11-25(17-27(22)35)39-14-13-24-19-38(20-29(24)39)18-21-7-5-4-6-8-21/h4-9,11,17,23-24,26,28-30H,10,12-16,18-20H2,1-3H3,(H2,36,41)(H,37,42)/t23?,24?,26?,28-,29?,30?/m0/s1. The molecule has 2 bridgehead atoms. The molecule has 9 nitrogen and oxygen atoms in total. The molecule has 44 heavy (non-hydrogen) atoms. The number of fused-ring (bicyclic) bond motifs is 3. The number of primary amides is 1. The van der Waals surface area contributed by atoms with Crippen LogP contribution in [-0.2, 0) is 27.3 Å². The smallest absolute Gasteiger partial charge is 0.411 e. The van der Waals surface area contributed by atoms with Crippen LogP contribution in [-0.4, -0.2) is 77.1 Å². The number of nitrogens with two attached hydrogens (primary N) is 1. The SMILES string of the molecule is CC(C)(C)OC(=O)N1C2CCC(C2)C1C(=O)N[C@@H](Cc1ccc(N2CCC3CN(Cc4ccccc4)CC32)cc1F)C(N)=O. The molecule has 1 saturated carbocycles. The summed E-state index contributed by atoms with van der Waals surface area (Å²) in [5.41, 5.74) is 7.43. The topological polar surface area (TPSA) is 108 Å². The quantitative estimate of drug-likeness (QED) is 0.474. The number of hydrogen-bond donors (Lipinski definition) is 2. The average molecular weight is 606 g/mol. The van der Waals surface area contributed by atoms with Crippen molar-refractivity contribution in [3.8, 4) is 0 Å². The first-order valence-electron chi connectivity index (χ1n) is 15.9. The van der Waals surface area contributed by atoms with E-state index < -0.39 is 41.4 Å². The highest BCUT2D eigenvalue weighted by atomic mass is 19.1. The molecule has 6 atom stereocenters. The van der Waals surface area contributed by atoms with E-state index >= 15 is 4.39 Å². The average Bonchev–Trinajstić information content (AvgIpc) is 3.74. The molecule has 4 aliphatic rings. The van der Waals surface area contributed by atoms with Crippen molar-refractivity contribution < 1.29 is 23.5 Å². The third-order valence-corrected chi connectivity index (χ3v) is 9.78. The van der Waals surface area contributed by atoms with Gasteiger partial charge in [-0.1, -0.05) is 36.4 Å². The molecule has 2 aromatic rings. The van der Waals surface area contributed by atoms with Crippen molar-refractivity contribution in [2.45, 2.75) is 89.2 Å². The van der Waals surface area contributed by atoms with Gasteiger partial charge in [0.25, 0.3) is 0 Å². The molecule has 0 aromatic heterocycles. The van der Waals surface area contributed by atoms with E-state index in [1.807, 2.05) is 12.1 Å². The van der Waals surface area contributed by atoms with Gasteiger partial charge in [-0.05, 0) is 81.5 Å². The molecule has 3 aliphatic heterocycles. The van der Waals surface area contributed by atoms with Crippen LogP contribution >= 0.6 is 0 Å². The summed E-state index contributed by atoms with van der Waals surface area (Å²) in [5.74, 6) is -1.10. The monoisotopic (exact) mass is 605 g/mol. The molecule has 3 saturated heterocycles. The van der Waals surface area contributed by atoms with Crippen LogP contribution in [0.5, 0.6) is 0 Å². The predicted molar refractivity (Wildman–Crippen MR) is 165 cm³/mol. The summed E-state index contributed by atoms with van der Waals surface area (Å²) in [6.45, 7) is 9.11. The summed E-state index contributed by atoms with van der Waals surface area (Å²) in [7, 11) is 0. The number of benzene rings is 2. The molecule has 3 heterocycles. The van der Waals surface area contributed by atoms with Crippen molar-refractivity contribution in [2.75, 3.05) is 24.5 Å². The van der Waals surface area contributed by atoms with Gasteiger partial charge in [-0.3, -0.25) is 19.4 Å². The fourth-order valence-electron chi connectivity index (χ4n) is 7.82. The van der Waals surface area contributed by atoms with E-state index in [1.54, 1.807) is 26.8 Å². The van der Waals surface area contributed by atoms with Crippen LogP contribution in [0.25, 0.3) is 0 Å². The molecular formula is C34H44FN5O4. The summed E-state index contributed by atoms with van der Waals surface area (Å²) in [5, 5.41) is 2.75. The largest absolute Gasteiger partial charge is 0.444 e. The Morgan fingerprint density at radius 3 is 2.52 bits per heavy atom. The third kappa shape index (κ3) is 6.27. The second-order valence-corrected chi connectivity index (χ2v) is 14.0. The molecule has 3 N–H and O–H groups in total. The molecule has 236 valence electrons. The van der Waals surface area contributed by atoms with Crippen LogP contribution in [0.1, 0.15) is 57.6 Å². The van der Waals surface area contributed by atoms with Gasteiger partial charge in [-0.15, -0.1) is 0 Å². The van der Waals surface area contributed by atoms with Crippen LogP contribution in [0, 0.1) is 17.7 Å². The van der Waals surface area contributed by atoms with Gasteiger partial charge in [0, 0.05) is 50.4 Å². The molecule has 2 aromatic carbocycles. The zero-order valence-electron chi connectivity index (χ0n) is 25.9. The number of carbonyl (C=O) groups excluding carboxylic acids is 3. The summed E-state index contributed by atoms with van der Waals surface area (Å²) in [4.78, 5) is 45.3. The number of likely N-dealkylation sites (tertiary alicyclic amines) is 2. The molecule has 0 spiro atoms. The number of amides is 3. The number of carbonyl (C=O) groups is 3. The molecule has 10 heteroatoms. The first-order chi connectivity index (χ1) is 21.0. The van der Waals surface area contributed by atoms with Crippen LogP contribution in [0.15, 0.2) is 48.5 Å². The molecular weight excluding hydrogens is 561 g/mol. The maximum Gasteiger partial charge on any atom is 0.411 e. The highest BCUT2D eigenvalue weighted by molar-refractivity contribution is 5.91. The van der Waals surface area contributed by atoms with Gasteiger partial charge in [0.1, 0.15) is 23.5 Å². The fourth-order valence-corrected chi connectivity index (χ4v) is 7.82. The second-order valence-electron chi connectivity index (χ2n) is 14.0. The van der Waals surface area contributed by atoms with E-state index in [4.69, 9.17) is 10.5 Å². The number of nitrogens with one attached hydrogen (secondary N) is 1. The lowest BCUT2D eigenvalue weighted by atomic mass is 9.97. The van der Waals surface area contributed by atoms with Gasteiger partial charge < -0.3 is 20.7 Å². The Morgan fingerprint density at radius 2 is 1.82 bits per heavy atom. The van der Waals surface area contributed by atoms with Gasteiger partial charge >= 0.3 is 6.09 Å². The van der Waals surface area contributed by atoms with Crippen molar-refractivity contribution in [3.63, 3.8) is 0 Å². The number of rotatable bonds is 8. The van der Waals surface area contributed by atoms with Crippen molar-refractivity contribution in [3.05, 3.63) is 65.5 Å². The van der Waals surface area contributed by atoms with Gasteiger partial charge in [0.15, 0.2) is 0 Å². The summed E-state index contributed by atoms with van der Waals surface area (Å²) in [6.07, 6.45) is 2.82. The highest BCUT2D eigenvalue weighted by Gasteiger charge is 2.53. The maximum absolute atomic E-state index is 15.6. The first-order valence-corrected chi connectivity index (χ1v) is 15.9. The summed E-state index contributed by atoms with van der Waals surface area (Å²) >= 11 is 0. The normalized spacial score (nSPS) is 27.0. The summed E-state index contributed by atoms with van der Waals surface area (Å²) < 4.78 is 21.1. The lowest BCUT2D eigenvalue weighted by Crippen LogP contribution is -2.57. The first kappa shape index (κ1) is 30.4. The van der Waals surface area contributed by atoms with E-state index in [9.17, 15) is 14.4 Å². The fraction of sp³-hybridized carbons (Fsp3) is 0.559. The number of nitrogens with zero attached hydrogens (tertiary/aromatic N) is 3. The van der Waals surface area contributed by atoms with Crippen LogP contribution in [0.2, 0.25) is 0 Å². The lowest BCUT2D eigenvalue weighted by Gasteiger charge is -2.36. The maximum atomic E-state index is 15.6. The molecule has 3 amide bonds. The van der Waals surface area contributed by atoms with E-state index in [2.05, 4.69) is 39.4 Å². The molecule has 1 aliphatic carbocycles. The van der Waals surface area contributed by atoms with Crippen molar-refractivity contribution in [2.24, 2.45) is 17.6 Å². The Kier molecular flexibility index (Phi) is 8.30. The van der Waals surface area contributed by atoms with Crippen LogP contribution in [0.3, 0.4) is 0 Å². The zero-order valence-corrected chi connectivity index (χ0v) is 25.9. The van der Waals surface area contributed by atoms with E-state index in [0.717, 1.165) is 57.5 Å². The van der Waals surface area contributed by atoms with Gasteiger partial charge in [0.2, 0.25) is 11.8 Å². The number of halogens is 1. The van der Waals surface area contributed by atoms with Crippen LogP contribution in [0.4, 0.5) is 14.9 Å². The number of anilines is 1. The lowest BCUT2D eigenvalue weighted by molar-refractivity contribution is -0.132. The number of hydrogen-bond acceptors (Lipinski definition) is 6. The predicted octanol–water partition coefficient (Wildman–Crippen LogP) is 3.84. The number of piperidine rings is 1. The van der Waals surface area contributed by atoms with E-state index in [1.165, 1.54) is 16.5 Å². The number of ether oxygens (including phenoxy) is 1. The minimum absolute atomic E-state index is 0.0134. The minimum atomic E-state index is -1.11. The van der Waals surface area contributed by atoms with Crippen molar-refractivity contribution in [1.82, 2.24) is 15.1 Å². The Bertz CT molecular complexity index is 1400.